The summed E-state index contributed by atoms with van der Waals surface area (Å²) in [5, 5.41) is 11.1. The molecule has 1 aromatic carbocycles. The summed E-state index contributed by atoms with van der Waals surface area (Å²) >= 11 is 0. The second-order valence-electron chi connectivity index (χ2n) is 4.44. The highest BCUT2D eigenvalue weighted by Crippen LogP contribution is 2.18. The van der Waals surface area contributed by atoms with E-state index in [1.807, 2.05) is 24.3 Å². The van der Waals surface area contributed by atoms with E-state index >= 15 is 0 Å². The lowest BCUT2D eigenvalue weighted by Crippen LogP contribution is -2.27. The zero-order valence-electron chi connectivity index (χ0n) is 10.3. The Morgan fingerprint density at radius 2 is 1.89 bits per heavy atom. The number of rotatable bonds is 2. The lowest BCUT2D eigenvalue weighted by Gasteiger charge is -2.06. The van der Waals surface area contributed by atoms with E-state index in [2.05, 4.69) is 27.4 Å². The van der Waals surface area contributed by atoms with Gasteiger partial charge in [-0.1, -0.05) is 12.1 Å². The van der Waals surface area contributed by atoms with Crippen LogP contribution in [0.25, 0.3) is 11.5 Å². The van der Waals surface area contributed by atoms with Gasteiger partial charge in [0.15, 0.2) is 0 Å². The highest BCUT2D eigenvalue weighted by molar-refractivity contribution is 6.00. The predicted molar refractivity (Wildman–Crippen MR) is 68.5 cm³/mol. The maximum atomic E-state index is 5.38. The molecule has 1 atom stereocenters. The van der Waals surface area contributed by atoms with Crippen molar-refractivity contribution < 1.29 is 4.42 Å². The lowest BCUT2D eigenvalue weighted by molar-refractivity contribution is 0.533. The van der Waals surface area contributed by atoms with Gasteiger partial charge in [0.2, 0.25) is 11.8 Å². The number of nitrogens with zero attached hydrogens (tertiary/aromatic N) is 3. The molecule has 0 fully saturated rings. The molecule has 18 heavy (non-hydrogen) atoms. The van der Waals surface area contributed by atoms with Crippen LogP contribution in [0.5, 0.6) is 0 Å². The molecule has 1 unspecified atom stereocenters. The molecule has 0 amide bonds. The third-order valence-corrected chi connectivity index (χ3v) is 2.84. The predicted octanol–water partition coefficient (Wildman–Crippen LogP) is 1.78. The van der Waals surface area contributed by atoms with E-state index in [0.717, 1.165) is 23.5 Å². The summed E-state index contributed by atoms with van der Waals surface area (Å²) in [5.41, 5.74) is 2.00. The highest BCUT2D eigenvalue weighted by Gasteiger charge is 2.14. The normalized spacial score (nSPS) is 18.6. The molecule has 1 aliphatic heterocycles. The molecule has 0 saturated carbocycles. The molecule has 5 heteroatoms. The minimum atomic E-state index is 0.415. The summed E-state index contributed by atoms with van der Waals surface area (Å²) in [5.74, 6) is 2.08. The van der Waals surface area contributed by atoms with Crippen LogP contribution < -0.4 is 5.32 Å². The Hall–Kier alpha value is -2.17. The molecule has 0 saturated heterocycles. The van der Waals surface area contributed by atoms with Gasteiger partial charge in [-0.3, -0.25) is 4.99 Å². The fourth-order valence-corrected chi connectivity index (χ4v) is 1.91. The first-order valence-electron chi connectivity index (χ1n) is 5.94. The van der Waals surface area contributed by atoms with Crippen LogP contribution in [0.15, 0.2) is 33.7 Å². The second kappa shape index (κ2) is 4.25. The number of nitrogens with one attached hydrogen (secondary N) is 1. The first kappa shape index (κ1) is 11.0. The van der Waals surface area contributed by atoms with Crippen molar-refractivity contribution in [3.8, 4) is 11.5 Å². The van der Waals surface area contributed by atoms with Crippen LogP contribution >= 0.6 is 0 Å². The van der Waals surface area contributed by atoms with Gasteiger partial charge in [0, 0.05) is 24.1 Å². The molecule has 1 aromatic heterocycles. The third-order valence-electron chi connectivity index (χ3n) is 2.84. The van der Waals surface area contributed by atoms with Gasteiger partial charge in [0.25, 0.3) is 0 Å². The Kier molecular flexibility index (Phi) is 2.59. The molecule has 1 N–H and O–H groups in total. The monoisotopic (exact) mass is 242 g/mol. The Morgan fingerprint density at radius 3 is 2.44 bits per heavy atom. The van der Waals surface area contributed by atoms with Gasteiger partial charge in [-0.25, -0.2) is 0 Å². The van der Waals surface area contributed by atoms with Crippen LogP contribution in [0.1, 0.15) is 18.4 Å². The number of aryl methyl sites for hydroxylation is 1. The van der Waals surface area contributed by atoms with Gasteiger partial charge in [-0.15, -0.1) is 10.2 Å². The summed E-state index contributed by atoms with van der Waals surface area (Å²) in [6.07, 6.45) is 0. The molecule has 2 aromatic rings. The van der Waals surface area contributed by atoms with Crippen molar-refractivity contribution in [2.45, 2.75) is 19.9 Å². The molecule has 3 rings (SSSR count). The second-order valence-corrected chi connectivity index (χ2v) is 4.44. The van der Waals surface area contributed by atoms with Crippen molar-refractivity contribution in [2.75, 3.05) is 6.54 Å². The van der Waals surface area contributed by atoms with Crippen LogP contribution in [0, 0.1) is 6.92 Å². The smallest absolute Gasteiger partial charge is 0.247 e. The average molecular weight is 242 g/mol. The molecule has 1 aliphatic rings. The molecule has 0 aliphatic carbocycles. The Bertz CT molecular complexity index is 585. The maximum Gasteiger partial charge on any atom is 0.247 e. The fourth-order valence-electron chi connectivity index (χ4n) is 1.91. The highest BCUT2D eigenvalue weighted by atomic mass is 16.4. The van der Waals surface area contributed by atoms with E-state index in [-0.39, 0.29) is 0 Å². The summed E-state index contributed by atoms with van der Waals surface area (Å²) in [7, 11) is 0. The van der Waals surface area contributed by atoms with Crippen molar-refractivity contribution in [1.82, 2.24) is 15.5 Å². The quantitative estimate of drug-likeness (QED) is 0.872. The SMILES string of the molecule is Cc1nnc(-c2ccc(C3=NCC(C)N3)cc2)o1. The largest absolute Gasteiger partial charge is 0.421 e. The first-order valence-corrected chi connectivity index (χ1v) is 5.94. The standard InChI is InChI=1S/C13H14N4O/c1-8-7-14-12(15-8)10-3-5-11(6-4-10)13-17-16-9(2)18-13/h3-6,8H,7H2,1-2H3,(H,14,15). The number of aliphatic imine (C=N–C) groups is 1. The Balaban J connectivity index is 1.85. The maximum absolute atomic E-state index is 5.38. The topological polar surface area (TPSA) is 63.3 Å². The first-order chi connectivity index (χ1) is 8.72. The van der Waals surface area contributed by atoms with Crippen molar-refractivity contribution in [2.24, 2.45) is 4.99 Å². The number of hydrogen-bond donors (Lipinski definition) is 1. The van der Waals surface area contributed by atoms with Gasteiger partial charge in [-0.05, 0) is 19.1 Å². The Labute approximate surface area is 105 Å². The van der Waals surface area contributed by atoms with Crippen molar-refractivity contribution in [3.63, 3.8) is 0 Å². The van der Waals surface area contributed by atoms with Crippen LogP contribution in [0.4, 0.5) is 0 Å². The van der Waals surface area contributed by atoms with E-state index < -0.39 is 0 Å². The van der Waals surface area contributed by atoms with Crippen LogP contribution in [0.2, 0.25) is 0 Å². The molecular weight excluding hydrogens is 228 g/mol. The minimum absolute atomic E-state index is 0.415. The van der Waals surface area contributed by atoms with Gasteiger partial charge in [0.05, 0.1) is 6.54 Å². The third kappa shape index (κ3) is 1.99. The van der Waals surface area contributed by atoms with E-state index in [9.17, 15) is 0 Å². The molecule has 0 spiro atoms. The summed E-state index contributed by atoms with van der Waals surface area (Å²) in [6, 6.07) is 8.38. The van der Waals surface area contributed by atoms with Crippen molar-refractivity contribution >= 4 is 5.84 Å². The summed E-state index contributed by atoms with van der Waals surface area (Å²) in [4.78, 5) is 4.45. The number of amidine groups is 1. The number of benzene rings is 1. The van der Waals surface area contributed by atoms with Gasteiger partial charge in [0.1, 0.15) is 5.84 Å². The lowest BCUT2D eigenvalue weighted by atomic mass is 10.1. The molecule has 92 valence electrons. The fraction of sp³-hybridized carbons (Fsp3) is 0.308. The molecule has 5 nitrogen and oxygen atoms in total. The van der Waals surface area contributed by atoms with E-state index in [1.165, 1.54) is 0 Å². The van der Waals surface area contributed by atoms with Gasteiger partial charge >= 0.3 is 0 Å². The number of aromatic nitrogens is 2. The average Bonchev–Trinajstić information content (AvgIpc) is 2.98. The molecule has 2 heterocycles. The molecule has 0 bridgehead atoms. The molecular formula is C13H14N4O. The Morgan fingerprint density at radius 1 is 1.17 bits per heavy atom. The number of hydrogen-bond acceptors (Lipinski definition) is 5. The van der Waals surface area contributed by atoms with E-state index in [4.69, 9.17) is 4.42 Å². The zero-order chi connectivity index (χ0) is 12.5. The van der Waals surface area contributed by atoms with E-state index in [1.54, 1.807) is 6.92 Å². The van der Waals surface area contributed by atoms with Crippen LogP contribution in [-0.2, 0) is 0 Å². The van der Waals surface area contributed by atoms with Gasteiger partial charge in [-0.2, -0.15) is 0 Å². The molecule has 0 radical (unpaired) electrons. The van der Waals surface area contributed by atoms with Crippen LogP contribution in [-0.4, -0.2) is 28.6 Å². The zero-order valence-corrected chi connectivity index (χ0v) is 10.3. The minimum Gasteiger partial charge on any atom is -0.421 e. The van der Waals surface area contributed by atoms with E-state index in [0.29, 0.717) is 17.8 Å². The summed E-state index contributed by atoms with van der Waals surface area (Å²) < 4.78 is 5.38. The van der Waals surface area contributed by atoms with Crippen LogP contribution in [0.3, 0.4) is 0 Å². The summed E-state index contributed by atoms with van der Waals surface area (Å²) in [6.45, 7) is 4.73. The van der Waals surface area contributed by atoms with Gasteiger partial charge < -0.3 is 9.73 Å². The van der Waals surface area contributed by atoms with Crippen molar-refractivity contribution in [3.05, 3.63) is 35.7 Å². The van der Waals surface area contributed by atoms with Crippen molar-refractivity contribution in [1.29, 1.82) is 0 Å².